The first kappa shape index (κ1) is 18.6. The summed E-state index contributed by atoms with van der Waals surface area (Å²) < 4.78 is 5.67. The summed E-state index contributed by atoms with van der Waals surface area (Å²) in [5.74, 6) is 0.674. The maximum atomic E-state index is 10.7. The number of nitro groups is 1. The van der Waals surface area contributed by atoms with Gasteiger partial charge in [0.15, 0.2) is 0 Å². The van der Waals surface area contributed by atoms with Crippen LogP contribution in [-0.4, -0.2) is 52.6 Å². The van der Waals surface area contributed by atoms with Gasteiger partial charge in [0, 0.05) is 37.5 Å². The Balaban J connectivity index is 1.35. The van der Waals surface area contributed by atoms with Crippen LogP contribution in [-0.2, 0) is 0 Å². The van der Waals surface area contributed by atoms with Crippen molar-refractivity contribution in [3.05, 3.63) is 58.8 Å². The summed E-state index contributed by atoms with van der Waals surface area (Å²) in [6, 6.07) is 11.9. The first-order valence-electron chi connectivity index (χ1n) is 8.55. The number of fused-ring (bicyclic) bond motifs is 1. The van der Waals surface area contributed by atoms with Crippen LogP contribution in [0.15, 0.2) is 48.7 Å². The lowest BCUT2D eigenvalue weighted by molar-refractivity contribution is -0.384. The summed E-state index contributed by atoms with van der Waals surface area (Å²) in [4.78, 5) is 10.3. The molecule has 0 spiro atoms. The lowest BCUT2D eigenvalue weighted by Gasteiger charge is -2.14. The third-order valence-corrected chi connectivity index (χ3v) is 3.94. The number of aliphatic hydroxyl groups is 1. The lowest BCUT2D eigenvalue weighted by atomic mass is 10.2. The Morgan fingerprint density at radius 3 is 2.96 bits per heavy atom. The molecular weight excluding hydrogens is 350 g/mol. The summed E-state index contributed by atoms with van der Waals surface area (Å²) in [6.45, 7) is 1.70. The van der Waals surface area contributed by atoms with Gasteiger partial charge in [-0.2, -0.15) is 5.10 Å². The highest BCUT2D eigenvalue weighted by Gasteiger charge is 2.08. The molecule has 0 bridgehead atoms. The molecule has 3 rings (SSSR count). The van der Waals surface area contributed by atoms with Crippen molar-refractivity contribution in [3.8, 4) is 5.75 Å². The number of hydrogen-bond donors (Lipinski definition) is 4. The van der Waals surface area contributed by atoms with Gasteiger partial charge in [0.1, 0.15) is 18.5 Å². The van der Waals surface area contributed by atoms with Crippen LogP contribution in [0.4, 0.5) is 11.4 Å². The molecule has 1 atom stereocenters. The molecule has 0 aliphatic heterocycles. The zero-order chi connectivity index (χ0) is 19.1. The van der Waals surface area contributed by atoms with Gasteiger partial charge in [-0.1, -0.05) is 12.1 Å². The Labute approximate surface area is 155 Å². The SMILES string of the molecule is O=[N+]([O-])c1cccc(NCCNCC(O)COc2cccc3[nH]ncc23)c1. The van der Waals surface area contributed by atoms with Gasteiger partial charge in [0.25, 0.3) is 5.69 Å². The second kappa shape index (κ2) is 8.97. The molecule has 0 aliphatic carbocycles. The predicted molar refractivity (Wildman–Crippen MR) is 102 cm³/mol. The molecule has 3 aromatic rings. The Morgan fingerprint density at radius 2 is 2.11 bits per heavy atom. The highest BCUT2D eigenvalue weighted by Crippen LogP contribution is 2.23. The monoisotopic (exact) mass is 371 g/mol. The van der Waals surface area contributed by atoms with Crippen LogP contribution in [0.1, 0.15) is 0 Å². The van der Waals surface area contributed by atoms with E-state index in [0.29, 0.717) is 31.1 Å². The second-order valence-corrected chi connectivity index (χ2v) is 5.99. The van der Waals surface area contributed by atoms with Gasteiger partial charge in [-0.15, -0.1) is 0 Å². The highest BCUT2D eigenvalue weighted by molar-refractivity contribution is 5.84. The van der Waals surface area contributed by atoms with Crippen LogP contribution in [0.3, 0.4) is 0 Å². The second-order valence-electron chi connectivity index (χ2n) is 5.99. The largest absolute Gasteiger partial charge is 0.490 e. The van der Waals surface area contributed by atoms with Crippen molar-refractivity contribution in [2.75, 3.05) is 31.6 Å². The number of ether oxygens (including phenoxy) is 1. The molecule has 9 nitrogen and oxygen atoms in total. The zero-order valence-corrected chi connectivity index (χ0v) is 14.6. The number of rotatable bonds is 10. The van der Waals surface area contributed by atoms with E-state index in [1.54, 1.807) is 18.3 Å². The molecular formula is C18H21N5O4. The summed E-state index contributed by atoms with van der Waals surface area (Å²) in [5.41, 5.74) is 1.61. The first-order chi connectivity index (χ1) is 13.1. The van der Waals surface area contributed by atoms with E-state index >= 15 is 0 Å². The molecule has 0 radical (unpaired) electrons. The number of nitrogens with one attached hydrogen (secondary N) is 3. The van der Waals surface area contributed by atoms with Crippen molar-refractivity contribution >= 4 is 22.3 Å². The van der Waals surface area contributed by atoms with Crippen molar-refractivity contribution in [2.45, 2.75) is 6.10 Å². The Bertz CT molecular complexity index is 898. The van der Waals surface area contributed by atoms with Crippen molar-refractivity contribution in [1.29, 1.82) is 0 Å². The van der Waals surface area contributed by atoms with Crippen molar-refractivity contribution in [1.82, 2.24) is 15.5 Å². The molecule has 0 aliphatic rings. The normalized spacial score (nSPS) is 12.0. The van der Waals surface area contributed by atoms with Crippen LogP contribution >= 0.6 is 0 Å². The molecule has 2 aromatic carbocycles. The predicted octanol–water partition coefficient (Wildman–Crippen LogP) is 1.91. The Kier molecular flexibility index (Phi) is 6.18. The fourth-order valence-electron chi connectivity index (χ4n) is 2.61. The topological polar surface area (TPSA) is 125 Å². The van der Waals surface area contributed by atoms with Crippen LogP contribution in [0.25, 0.3) is 10.9 Å². The van der Waals surface area contributed by atoms with E-state index in [1.165, 1.54) is 12.1 Å². The summed E-state index contributed by atoms with van der Waals surface area (Å²) in [5, 5.41) is 34.7. The molecule has 4 N–H and O–H groups in total. The number of non-ortho nitro benzene ring substituents is 1. The van der Waals surface area contributed by atoms with Crippen LogP contribution in [0, 0.1) is 10.1 Å². The fraction of sp³-hybridized carbons (Fsp3) is 0.278. The van der Waals surface area contributed by atoms with Gasteiger partial charge in [0.05, 0.1) is 22.0 Å². The number of nitro benzene ring substituents is 1. The van der Waals surface area contributed by atoms with Gasteiger partial charge in [-0.3, -0.25) is 15.2 Å². The van der Waals surface area contributed by atoms with Crippen LogP contribution in [0.2, 0.25) is 0 Å². The molecule has 1 unspecified atom stereocenters. The van der Waals surface area contributed by atoms with E-state index < -0.39 is 11.0 Å². The van der Waals surface area contributed by atoms with E-state index in [1.807, 2.05) is 18.2 Å². The number of nitrogens with zero attached hydrogens (tertiary/aromatic N) is 2. The van der Waals surface area contributed by atoms with Crippen molar-refractivity contribution in [2.24, 2.45) is 0 Å². The van der Waals surface area contributed by atoms with E-state index in [-0.39, 0.29) is 12.3 Å². The Morgan fingerprint density at radius 1 is 1.26 bits per heavy atom. The lowest BCUT2D eigenvalue weighted by Crippen LogP contribution is -2.34. The third-order valence-electron chi connectivity index (χ3n) is 3.94. The molecule has 9 heteroatoms. The van der Waals surface area contributed by atoms with Crippen molar-refractivity contribution in [3.63, 3.8) is 0 Å². The standard InChI is InChI=1S/C18H21N5O4/c24-15(12-27-18-6-2-5-17-16(18)11-21-22-17)10-19-7-8-20-13-3-1-4-14(9-13)23(25)26/h1-6,9,11,15,19-20,24H,7-8,10,12H2,(H,21,22). The molecule has 1 aromatic heterocycles. The van der Waals surface area contributed by atoms with E-state index in [9.17, 15) is 15.2 Å². The van der Waals surface area contributed by atoms with E-state index in [2.05, 4.69) is 20.8 Å². The molecule has 0 fully saturated rings. The number of H-pyrrole nitrogens is 1. The minimum atomic E-state index is -0.662. The molecule has 27 heavy (non-hydrogen) atoms. The zero-order valence-electron chi connectivity index (χ0n) is 14.6. The molecule has 1 heterocycles. The summed E-state index contributed by atoms with van der Waals surface area (Å²) in [6.07, 6.45) is 1.03. The number of aliphatic hydroxyl groups excluding tert-OH is 1. The summed E-state index contributed by atoms with van der Waals surface area (Å²) >= 11 is 0. The van der Waals surface area contributed by atoms with E-state index in [0.717, 1.165) is 10.9 Å². The van der Waals surface area contributed by atoms with Crippen LogP contribution < -0.4 is 15.4 Å². The van der Waals surface area contributed by atoms with Crippen LogP contribution in [0.5, 0.6) is 5.75 Å². The van der Waals surface area contributed by atoms with Gasteiger partial charge in [0.2, 0.25) is 0 Å². The van der Waals surface area contributed by atoms with Gasteiger partial charge in [-0.25, -0.2) is 0 Å². The number of hydrogen-bond acceptors (Lipinski definition) is 7. The minimum absolute atomic E-state index is 0.0492. The molecule has 0 saturated heterocycles. The first-order valence-corrected chi connectivity index (χ1v) is 8.55. The van der Waals surface area contributed by atoms with E-state index in [4.69, 9.17) is 4.74 Å². The smallest absolute Gasteiger partial charge is 0.271 e. The Hall–Kier alpha value is -3.17. The number of benzene rings is 2. The maximum absolute atomic E-state index is 10.7. The van der Waals surface area contributed by atoms with Crippen molar-refractivity contribution < 1.29 is 14.8 Å². The minimum Gasteiger partial charge on any atom is -0.490 e. The average Bonchev–Trinajstić information content (AvgIpc) is 3.15. The van der Waals surface area contributed by atoms with Gasteiger partial charge >= 0.3 is 0 Å². The number of aromatic amines is 1. The molecule has 142 valence electrons. The molecule has 0 amide bonds. The maximum Gasteiger partial charge on any atom is 0.271 e. The highest BCUT2D eigenvalue weighted by atomic mass is 16.6. The number of anilines is 1. The van der Waals surface area contributed by atoms with Gasteiger partial charge < -0.3 is 20.5 Å². The van der Waals surface area contributed by atoms with Gasteiger partial charge in [-0.05, 0) is 18.2 Å². The molecule has 0 saturated carbocycles. The fourth-order valence-corrected chi connectivity index (χ4v) is 2.61. The summed E-state index contributed by atoms with van der Waals surface area (Å²) in [7, 11) is 0. The quantitative estimate of drug-likeness (QED) is 0.244. The number of aromatic nitrogens is 2. The third kappa shape index (κ3) is 5.16. The average molecular weight is 371 g/mol.